The van der Waals surface area contributed by atoms with Crippen molar-refractivity contribution in [2.45, 2.75) is 77.0 Å². The molecule has 0 aromatic heterocycles. The molecule has 4 aliphatic carbocycles. The van der Waals surface area contributed by atoms with Gasteiger partial charge < -0.3 is 19.3 Å². The van der Waals surface area contributed by atoms with Crippen LogP contribution in [0.2, 0.25) is 0 Å². The topological polar surface area (TPSA) is 82.1 Å². The predicted molar refractivity (Wildman–Crippen MR) is 151 cm³/mol. The molecule has 1 N–H and O–H groups in total. The predicted octanol–water partition coefficient (Wildman–Crippen LogP) is 5.57. The van der Waals surface area contributed by atoms with E-state index < -0.39 is 29.0 Å². The van der Waals surface area contributed by atoms with Crippen LogP contribution in [0.15, 0.2) is 66.3 Å². The maximum atomic E-state index is 14.4. The molecule has 210 valence electrons. The number of benzene rings is 2. The summed E-state index contributed by atoms with van der Waals surface area (Å²) in [5, 5.41) is 14.0. The van der Waals surface area contributed by atoms with Gasteiger partial charge in [0.05, 0.1) is 12.2 Å². The average Bonchev–Trinajstić information content (AvgIpc) is 3.32. The first-order chi connectivity index (χ1) is 19.0. The Balaban J connectivity index is 1.22. The van der Waals surface area contributed by atoms with Gasteiger partial charge in [0.2, 0.25) is 5.78 Å². The van der Waals surface area contributed by atoms with Crippen molar-refractivity contribution in [1.82, 2.24) is 0 Å². The number of fused-ring (bicyclic) bond motifs is 8. The van der Waals surface area contributed by atoms with E-state index in [-0.39, 0.29) is 41.3 Å². The average molecular weight is 543 g/mol. The van der Waals surface area contributed by atoms with Crippen LogP contribution in [0.1, 0.15) is 53.4 Å². The van der Waals surface area contributed by atoms with Crippen molar-refractivity contribution in [2.24, 2.45) is 28.6 Å². The fourth-order valence-corrected chi connectivity index (χ4v) is 9.43. The lowest BCUT2D eigenvalue weighted by molar-refractivity contribution is -0.225. The summed E-state index contributed by atoms with van der Waals surface area (Å²) in [6.45, 7) is 7.90. The van der Waals surface area contributed by atoms with Crippen LogP contribution in [0.25, 0.3) is 10.8 Å². The highest BCUT2D eigenvalue weighted by atomic mass is 16.8. The lowest BCUT2D eigenvalue weighted by Crippen LogP contribution is -2.64. The normalized spacial score (nSPS) is 41.1. The number of aliphatic hydroxyl groups excluding tert-OH is 1. The van der Waals surface area contributed by atoms with Gasteiger partial charge in [-0.15, -0.1) is 0 Å². The molecule has 6 heteroatoms. The van der Waals surface area contributed by atoms with Gasteiger partial charge >= 0.3 is 0 Å². The van der Waals surface area contributed by atoms with E-state index in [0.717, 1.165) is 29.2 Å². The molecule has 6 nitrogen and oxygen atoms in total. The van der Waals surface area contributed by atoms with Crippen molar-refractivity contribution in [3.63, 3.8) is 0 Å². The summed E-state index contributed by atoms with van der Waals surface area (Å²) in [4.78, 5) is 26.5. The van der Waals surface area contributed by atoms with Crippen molar-refractivity contribution in [2.75, 3.05) is 6.61 Å². The first-order valence-electron chi connectivity index (χ1n) is 14.6. The second-order valence-electron chi connectivity index (χ2n) is 13.5. The molecule has 40 heavy (non-hydrogen) atoms. The highest BCUT2D eigenvalue weighted by Gasteiger charge is 2.76. The minimum absolute atomic E-state index is 0.0245. The third-order valence-electron chi connectivity index (χ3n) is 11.0. The lowest BCUT2D eigenvalue weighted by atomic mass is 9.46. The summed E-state index contributed by atoms with van der Waals surface area (Å²) in [5.41, 5.74) is -1.08. The van der Waals surface area contributed by atoms with Crippen LogP contribution in [0.4, 0.5) is 0 Å². The van der Waals surface area contributed by atoms with Gasteiger partial charge in [0.25, 0.3) is 0 Å². The number of ether oxygens (including phenoxy) is 3. The Hall–Kier alpha value is -2.80. The zero-order valence-electron chi connectivity index (χ0n) is 23.7. The van der Waals surface area contributed by atoms with Crippen LogP contribution in [0, 0.1) is 28.6 Å². The maximum absolute atomic E-state index is 14.4. The fraction of sp³-hybridized carbons (Fsp3) is 0.529. The Morgan fingerprint density at radius 1 is 1.10 bits per heavy atom. The second-order valence-corrected chi connectivity index (χ2v) is 13.5. The Morgan fingerprint density at radius 2 is 1.88 bits per heavy atom. The van der Waals surface area contributed by atoms with Crippen molar-refractivity contribution in [3.05, 3.63) is 66.3 Å². The number of hydrogen-bond acceptors (Lipinski definition) is 6. The van der Waals surface area contributed by atoms with E-state index in [9.17, 15) is 14.7 Å². The van der Waals surface area contributed by atoms with Gasteiger partial charge in [-0.25, -0.2) is 0 Å². The molecule has 2 aromatic carbocycles. The number of carbonyl (C=O) groups is 2. The number of carbonyl (C=O) groups excluding carboxylic acids is 2. The number of allylic oxidation sites excluding steroid dienone is 4. The van der Waals surface area contributed by atoms with Gasteiger partial charge in [-0.3, -0.25) is 9.59 Å². The standard InChI is InChI=1S/C34H38O6/c1-31(2)39-29-17-26-25-12-10-22-16-23(35)13-14-32(22,3)30(25)27(36)18-33(26,4)34(29,40-31)28(37)19-38-24-11-9-20-7-5-6-8-21(20)15-24/h5-9,11,13-16,25-27,29-30,36H,10,12,17-19H2,1-4H3/t25?,26?,27?,29-,30?,32?,33?,34-/m1/s1. The van der Waals surface area contributed by atoms with Gasteiger partial charge in [-0.1, -0.05) is 55.8 Å². The summed E-state index contributed by atoms with van der Waals surface area (Å²) >= 11 is 0. The molecule has 1 aliphatic heterocycles. The molecule has 1 saturated heterocycles. The highest BCUT2D eigenvalue weighted by molar-refractivity contribution is 6.01. The van der Waals surface area contributed by atoms with Crippen molar-refractivity contribution < 1.29 is 28.9 Å². The summed E-state index contributed by atoms with van der Waals surface area (Å²) in [5.74, 6) is -0.0895. The summed E-state index contributed by atoms with van der Waals surface area (Å²) in [6, 6.07) is 13.9. The molecule has 7 rings (SSSR count). The van der Waals surface area contributed by atoms with Crippen molar-refractivity contribution in [3.8, 4) is 5.75 Å². The monoisotopic (exact) mass is 542 g/mol. The minimum atomic E-state index is -1.21. The van der Waals surface area contributed by atoms with Gasteiger partial charge in [0.1, 0.15) is 12.4 Å². The molecule has 0 radical (unpaired) electrons. The molecule has 1 heterocycles. The summed E-state index contributed by atoms with van der Waals surface area (Å²) in [7, 11) is 0. The zero-order chi connectivity index (χ0) is 28.1. The van der Waals surface area contributed by atoms with E-state index in [0.29, 0.717) is 18.6 Å². The van der Waals surface area contributed by atoms with Crippen LogP contribution in [0.3, 0.4) is 0 Å². The summed E-state index contributed by atoms with van der Waals surface area (Å²) < 4.78 is 19.3. The number of hydrogen-bond donors (Lipinski definition) is 1. The smallest absolute Gasteiger partial charge is 0.205 e. The number of aliphatic hydroxyl groups is 1. The molecule has 0 amide bonds. The molecule has 3 saturated carbocycles. The van der Waals surface area contributed by atoms with E-state index in [1.54, 1.807) is 12.2 Å². The van der Waals surface area contributed by atoms with Crippen LogP contribution >= 0.6 is 0 Å². The Labute approximate surface area is 235 Å². The van der Waals surface area contributed by atoms with Crippen LogP contribution in [-0.4, -0.2) is 46.9 Å². The van der Waals surface area contributed by atoms with Crippen molar-refractivity contribution >= 4 is 22.3 Å². The molecule has 2 aromatic rings. The molecular weight excluding hydrogens is 504 g/mol. The highest BCUT2D eigenvalue weighted by Crippen LogP contribution is 2.70. The molecule has 0 bridgehead atoms. The minimum Gasteiger partial charge on any atom is -0.486 e. The molecular formula is C34H38O6. The first kappa shape index (κ1) is 26.1. The van der Waals surface area contributed by atoms with Crippen molar-refractivity contribution in [1.29, 1.82) is 0 Å². The van der Waals surface area contributed by atoms with E-state index in [2.05, 4.69) is 13.8 Å². The Morgan fingerprint density at radius 3 is 2.67 bits per heavy atom. The molecule has 0 spiro atoms. The SMILES string of the molecule is CC1(C)O[C@@H]2CC3C4CCC5=CC(=O)C=CC5(C)C4C(O)CC3(C)[C@]2(C(=O)COc2ccc3ccccc3c2)O1. The number of rotatable bonds is 4. The Bertz CT molecular complexity index is 1470. The lowest BCUT2D eigenvalue weighted by Gasteiger charge is -2.59. The van der Waals surface area contributed by atoms with E-state index in [4.69, 9.17) is 14.2 Å². The third kappa shape index (κ3) is 3.52. The molecule has 6 unspecified atom stereocenters. The summed E-state index contributed by atoms with van der Waals surface area (Å²) in [6.07, 6.45) is 7.20. The fourth-order valence-electron chi connectivity index (χ4n) is 9.43. The van der Waals surface area contributed by atoms with Crippen LogP contribution < -0.4 is 4.74 Å². The first-order valence-corrected chi connectivity index (χ1v) is 14.6. The molecule has 8 atom stereocenters. The molecule has 4 fully saturated rings. The van der Waals surface area contributed by atoms with Gasteiger partial charge in [-0.2, -0.15) is 0 Å². The number of ketones is 2. The van der Waals surface area contributed by atoms with Crippen LogP contribution in [0.5, 0.6) is 5.75 Å². The zero-order valence-corrected chi connectivity index (χ0v) is 23.7. The quantitative estimate of drug-likeness (QED) is 0.544. The third-order valence-corrected chi connectivity index (χ3v) is 11.0. The largest absolute Gasteiger partial charge is 0.486 e. The van der Waals surface area contributed by atoms with E-state index in [1.165, 1.54) is 0 Å². The number of Topliss-reactive ketones (excluding diaryl/α,β-unsaturated/α-hetero) is 1. The van der Waals surface area contributed by atoms with E-state index >= 15 is 0 Å². The van der Waals surface area contributed by atoms with Gasteiger partial charge in [0, 0.05) is 16.7 Å². The van der Waals surface area contributed by atoms with Gasteiger partial charge in [-0.05, 0) is 86.4 Å². The Kier molecular flexibility index (Phi) is 5.62. The second kappa shape index (κ2) is 8.60. The molecule has 5 aliphatic rings. The van der Waals surface area contributed by atoms with Crippen LogP contribution in [-0.2, 0) is 19.1 Å². The maximum Gasteiger partial charge on any atom is 0.205 e. The van der Waals surface area contributed by atoms with Gasteiger partial charge in [0.15, 0.2) is 17.2 Å². The van der Waals surface area contributed by atoms with E-state index in [1.807, 2.05) is 62.4 Å².